The van der Waals surface area contributed by atoms with Gasteiger partial charge in [-0.05, 0) is 36.9 Å². The van der Waals surface area contributed by atoms with Crippen LogP contribution in [-0.2, 0) is 4.43 Å². The van der Waals surface area contributed by atoms with Gasteiger partial charge in [0.05, 0.1) is 0 Å². The van der Waals surface area contributed by atoms with E-state index >= 15 is 0 Å². The molecule has 5 heteroatoms. The van der Waals surface area contributed by atoms with E-state index in [4.69, 9.17) is 4.43 Å². The lowest BCUT2D eigenvalue weighted by atomic mass is 9.87. The predicted octanol–water partition coefficient (Wildman–Crippen LogP) is 2.49. The van der Waals surface area contributed by atoms with Crippen molar-refractivity contribution in [2.24, 2.45) is 11.8 Å². The number of aliphatic hydroxyl groups excluding tert-OH is 1. The smallest absolute Gasteiger partial charge is 0.191 e. The second kappa shape index (κ2) is 6.44. The minimum Gasteiger partial charge on any atom is -0.417 e. The first-order chi connectivity index (χ1) is 9.01. The van der Waals surface area contributed by atoms with Crippen molar-refractivity contribution in [3.63, 3.8) is 0 Å². The van der Waals surface area contributed by atoms with Crippen LogP contribution in [0.4, 0.5) is 0 Å². The van der Waals surface area contributed by atoms with Gasteiger partial charge < -0.3 is 19.7 Å². The molecule has 3 N–H and O–H groups in total. The molecule has 2 unspecified atom stereocenters. The van der Waals surface area contributed by atoms with Crippen LogP contribution in [0.25, 0.3) is 0 Å². The maximum atomic E-state index is 10.3. The summed E-state index contributed by atoms with van der Waals surface area (Å²) in [6.45, 7) is 11.2. The Balaban J connectivity index is 2.52. The highest BCUT2D eigenvalue weighted by Crippen LogP contribution is 2.40. The van der Waals surface area contributed by atoms with Crippen LogP contribution in [0.1, 0.15) is 46.5 Å². The van der Waals surface area contributed by atoms with Gasteiger partial charge in [0.25, 0.3) is 0 Å². The second-order valence-electron chi connectivity index (χ2n) is 7.72. The van der Waals surface area contributed by atoms with Gasteiger partial charge in [-0.25, -0.2) is 0 Å². The maximum Gasteiger partial charge on any atom is 0.191 e. The molecule has 2 atom stereocenters. The molecule has 0 aromatic heterocycles. The molecule has 120 valence electrons. The normalized spacial score (nSPS) is 25.2. The Bertz CT molecular complexity index is 309. The van der Waals surface area contributed by atoms with Crippen LogP contribution in [0, 0.1) is 11.8 Å². The van der Waals surface area contributed by atoms with Crippen molar-refractivity contribution in [3.8, 4) is 0 Å². The molecule has 0 heterocycles. The van der Waals surface area contributed by atoms with Crippen molar-refractivity contribution in [3.05, 3.63) is 0 Å². The fraction of sp³-hybridized carbons (Fsp3) is 1.00. The van der Waals surface area contributed by atoms with Gasteiger partial charge in [-0.15, -0.1) is 0 Å². The molecule has 1 fully saturated rings. The summed E-state index contributed by atoms with van der Waals surface area (Å²) in [6.07, 6.45) is 2.84. The highest BCUT2D eigenvalue weighted by Gasteiger charge is 2.43. The van der Waals surface area contributed by atoms with Crippen molar-refractivity contribution in [2.75, 3.05) is 13.2 Å². The molecule has 0 aromatic rings. The topological polar surface area (TPSA) is 69.9 Å². The first-order valence-electron chi connectivity index (χ1n) is 7.71. The molecule has 0 radical (unpaired) electrons. The zero-order chi connectivity index (χ0) is 15.6. The third-order valence-electron chi connectivity index (χ3n) is 5.23. The van der Waals surface area contributed by atoms with Gasteiger partial charge in [0.15, 0.2) is 14.1 Å². The van der Waals surface area contributed by atoms with Gasteiger partial charge in [-0.1, -0.05) is 27.2 Å². The zero-order valence-corrected chi connectivity index (χ0v) is 14.6. The first-order valence-corrected chi connectivity index (χ1v) is 10.6. The van der Waals surface area contributed by atoms with E-state index in [-0.39, 0.29) is 29.9 Å². The Kier molecular flexibility index (Phi) is 5.83. The molecule has 0 amide bonds. The number of aliphatic hydroxyl groups is 3. The molecule has 1 aliphatic rings. The standard InChI is InChI=1S/C15H32O4Si/c1-14(2,3)20(4,5)19-10-9-15(17,18)13-8-6-7-12(13)11-16/h12-13,16-18H,6-11H2,1-5H3. The Labute approximate surface area is 124 Å². The number of hydrogen-bond donors (Lipinski definition) is 3. The molecular formula is C15H32O4Si. The Hall–Kier alpha value is 0.0569. The molecule has 1 saturated carbocycles. The molecule has 20 heavy (non-hydrogen) atoms. The minimum absolute atomic E-state index is 0.0119. The van der Waals surface area contributed by atoms with Crippen molar-refractivity contribution < 1.29 is 19.7 Å². The number of hydrogen-bond acceptors (Lipinski definition) is 4. The SMILES string of the molecule is CC(C)(C)[Si](C)(C)OCCC(O)(O)C1CCCC1CO. The summed E-state index contributed by atoms with van der Waals surface area (Å²) in [4.78, 5) is 0. The van der Waals surface area contributed by atoms with Crippen molar-refractivity contribution in [1.29, 1.82) is 0 Å². The molecule has 0 spiro atoms. The fourth-order valence-electron chi connectivity index (χ4n) is 2.72. The first kappa shape index (κ1) is 18.1. The van der Waals surface area contributed by atoms with E-state index in [0.717, 1.165) is 19.3 Å². The molecule has 1 aliphatic carbocycles. The third kappa shape index (κ3) is 4.27. The van der Waals surface area contributed by atoms with Gasteiger partial charge in [-0.2, -0.15) is 0 Å². The summed E-state index contributed by atoms with van der Waals surface area (Å²) in [5.74, 6) is -1.93. The third-order valence-corrected chi connectivity index (χ3v) is 9.76. The summed E-state index contributed by atoms with van der Waals surface area (Å²) >= 11 is 0. The summed E-state index contributed by atoms with van der Waals surface area (Å²) in [7, 11) is -1.84. The van der Waals surface area contributed by atoms with Crippen LogP contribution in [0.5, 0.6) is 0 Å². The van der Waals surface area contributed by atoms with E-state index in [0.29, 0.717) is 6.61 Å². The van der Waals surface area contributed by atoms with E-state index in [9.17, 15) is 15.3 Å². The minimum atomic E-state index is -1.84. The van der Waals surface area contributed by atoms with Crippen LogP contribution < -0.4 is 0 Å². The second-order valence-corrected chi connectivity index (χ2v) is 12.5. The van der Waals surface area contributed by atoms with E-state index in [1.54, 1.807) is 0 Å². The summed E-state index contributed by atoms with van der Waals surface area (Å²) in [6, 6.07) is 0. The van der Waals surface area contributed by atoms with Crippen LogP contribution in [0.3, 0.4) is 0 Å². The molecule has 0 saturated heterocycles. The maximum absolute atomic E-state index is 10.3. The van der Waals surface area contributed by atoms with E-state index in [1.165, 1.54) is 0 Å². The summed E-state index contributed by atoms with van der Waals surface area (Å²) < 4.78 is 6.01. The van der Waals surface area contributed by atoms with Crippen LogP contribution >= 0.6 is 0 Å². The van der Waals surface area contributed by atoms with Gasteiger partial charge in [0.1, 0.15) is 0 Å². The van der Waals surface area contributed by atoms with E-state index in [1.807, 2.05) is 0 Å². The van der Waals surface area contributed by atoms with Gasteiger partial charge >= 0.3 is 0 Å². The monoisotopic (exact) mass is 304 g/mol. The molecule has 4 nitrogen and oxygen atoms in total. The Morgan fingerprint density at radius 2 is 1.75 bits per heavy atom. The van der Waals surface area contributed by atoms with Gasteiger partial charge in [-0.3, -0.25) is 0 Å². The van der Waals surface area contributed by atoms with Gasteiger partial charge in [0.2, 0.25) is 0 Å². The van der Waals surface area contributed by atoms with Crippen LogP contribution in [-0.4, -0.2) is 42.6 Å². The largest absolute Gasteiger partial charge is 0.417 e. The average molecular weight is 305 g/mol. The number of rotatable bonds is 6. The highest BCUT2D eigenvalue weighted by molar-refractivity contribution is 6.74. The highest BCUT2D eigenvalue weighted by atomic mass is 28.4. The summed E-state index contributed by atoms with van der Waals surface area (Å²) in [5.41, 5.74) is 0. The molecule has 1 rings (SSSR count). The van der Waals surface area contributed by atoms with Crippen LogP contribution in [0.2, 0.25) is 18.1 Å². The predicted molar refractivity (Wildman–Crippen MR) is 82.9 cm³/mol. The molecular weight excluding hydrogens is 272 g/mol. The average Bonchev–Trinajstić information content (AvgIpc) is 2.75. The van der Waals surface area contributed by atoms with Crippen molar-refractivity contribution >= 4 is 8.32 Å². The van der Waals surface area contributed by atoms with Gasteiger partial charge in [0, 0.05) is 25.6 Å². The Morgan fingerprint density at radius 3 is 2.25 bits per heavy atom. The molecule has 0 aromatic carbocycles. The lowest BCUT2D eigenvalue weighted by molar-refractivity contribution is -0.217. The van der Waals surface area contributed by atoms with Crippen molar-refractivity contribution in [2.45, 2.75) is 70.4 Å². The summed E-state index contributed by atoms with van der Waals surface area (Å²) in [5, 5.41) is 30.0. The lowest BCUT2D eigenvalue weighted by Crippen LogP contribution is -2.45. The van der Waals surface area contributed by atoms with E-state index in [2.05, 4.69) is 33.9 Å². The zero-order valence-electron chi connectivity index (χ0n) is 13.6. The van der Waals surface area contributed by atoms with Crippen molar-refractivity contribution in [1.82, 2.24) is 0 Å². The lowest BCUT2D eigenvalue weighted by Gasteiger charge is -2.38. The molecule has 0 aliphatic heterocycles. The Morgan fingerprint density at radius 1 is 1.15 bits per heavy atom. The van der Waals surface area contributed by atoms with Crippen LogP contribution in [0.15, 0.2) is 0 Å². The van der Waals surface area contributed by atoms with E-state index < -0.39 is 14.1 Å². The molecule has 0 bridgehead atoms. The fourth-order valence-corrected chi connectivity index (χ4v) is 3.77. The quantitative estimate of drug-likeness (QED) is 0.521.